The molecule has 0 amide bonds. The molecule has 0 N–H and O–H groups in total. The molecule has 1 aromatic heterocycles. The zero-order valence-electron chi connectivity index (χ0n) is 7.95. The van der Waals surface area contributed by atoms with E-state index in [1.807, 2.05) is 19.2 Å². The van der Waals surface area contributed by atoms with Crippen molar-refractivity contribution in [3.05, 3.63) is 36.2 Å². The minimum Gasteiger partial charge on any atom is -0.331 e. The topological polar surface area (TPSA) is 16.1 Å². The first-order valence-corrected chi connectivity index (χ1v) is 4.66. The zero-order valence-corrected chi connectivity index (χ0v) is 7.95. The van der Waals surface area contributed by atoms with Gasteiger partial charge < -0.3 is 4.90 Å². The fraction of sp³-hybridized carbons (Fsp3) is 0.364. The summed E-state index contributed by atoms with van der Waals surface area (Å²) in [4.78, 5) is 6.58. The van der Waals surface area contributed by atoms with Crippen molar-refractivity contribution in [2.45, 2.75) is 19.8 Å². The summed E-state index contributed by atoms with van der Waals surface area (Å²) in [7, 11) is 0. The molecule has 0 atom stereocenters. The maximum Gasteiger partial charge on any atom is 0.135 e. The summed E-state index contributed by atoms with van der Waals surface area (Å²) in [5.74, 6) is 1.10. The molecule has 0 spiro atoms. The van der Waals surface area contributed by atoms with Crippen molar-refractivity contribution in [1.82, 2.24) is 4.98 Å². The van der Waals surface area contributed by atoms with Gasteiger partial charge in [0.25, 0.3) is 0 Å². The highest BCUT2D eigenvalue weighted by Crippen LogP contribution is 2.26. The first-order valence-electron chi connectivity index (χ1n) is 4.66. The van der Waals surface area contributed by atoms with Gasteiger partial charge in [0.05, 0.1) is 0 Å². The standard InChI is InChI=1S/C11H14N2/c1-9(2)13-8-4-6-10-5-3-7-12-11(10)13/h3,5,7H,1,4,6,8H2,2H3. The molecule has 0 fully saturated rings. The molecule has 2 rings (SSSR count). The quantitative estimate of drug-likeness (QED) is 0.649. The highest BCUT2D eigenvalue weighted by molar-refractivity contribution is 5.53. The summed E-state index contributed by atoms with van der Waals surface area (Å²) in [5.41, 5.74) is 2.43. The molecule has 0 bridgehead atoms. The van der Waals surface area contributed by atoms with E-state index in [4.69, 9.17) is 0 Å². The van der Waals surface area contributed by atoms with Crippen molar-refractivity contribution in [3.8, 4) is 0 Å². The Labute approximate surface area is 78.9 Å². The Bertz CT molecular complexity index is 331. The predicted molar refractivity (Wildman–Crippen MR) is 54.7 cm³/mol. The van der Waals surface area contributed by atoms with E-state index in [0.29, 0.717) is 0 Å². The number of allylic oxidation sites excluding steroid dienone is 1. The summed E-state index contributed by atoms with van der Waals surface area (Å²) < 4.78 is 0. The molecule has 1 aliphatic rings. The van der Waals surface area contributed by atoms with Crippen LogP contribution in [0.2, 0.25) is 0 Å². The number of rotatable bonds is 1. The van der Waals surface area contributed by atoms with Gasteiger partial charge in [0, 0.05) is 18.4 Å². The molecular formula is C11H14N2. The Morgan fingerprint density at radius 3 is 3.23 bits per heavy atom. The number of fused-ring (bicyclic) bond motifs is 1. The minimum absolute atomic E-state index is 1.05. The molecule has 2 heterocycles. The second-order valence-corrected chi connectivity index (χ2v) is 3.48. The van der Waals surface area contributed by atoms with Crippen LogP contribution in [0, 0.1) is 0 Å². The Hall–Kier alpha value is -1.31. The molecule has 68 valence electrons. The maximum atomic E-state index is 4.39. The van der Waals surface area contributed by atoms with Crippen molar-refractivity contribution in [2.24, 2.45) is 0 Å². The average Bonchev–Trinajstić information content (AvgIpc) is 2.17. The summed E-state index contributed by atoms with van der Waals surface area (Å²) in [5, 5.41) is 0. The summed E-state index contributed by atoms with van der Waals surface area (Å²) in [6.07, 6.45) is 4.19. The summed E-state index contributed by atoms with van der Waals surface area (Å²) in [6.45, 7) is 7.05. The third-order valence-electron chi connectivity index (χ3n) is 2.41. The van der Waals surface area contributed by atoms with E-state index in [2.05, 4.69) is 22.5 Å². The van der Waals surface area contributed by atoms with Crippen LogP contribution in [-0.4, -0.2) is 11.5 Å². The Balaban J connectivity index is 2.42. The monoisotopic (exact) mass is 174 g/mol. The van der Waals surface area contributed by atoms with Gasteiger partial charge in [-0.3, -0.25) is 0 Å². The largest absolute Gasteiger partial charge is 0.331 e. The number of pyridine rings is 1. The first kappa shape index (κ1) is 8.30. The van der Waals surface area contributed by atoms with E-state index < -0.39 is 0 Å². The number of aromatic nitrogens is 1. The lowest BCUT2D eigenvalue weighted by Gasteiger charge is -2.29. The molecule has 0 unspecified atom stereocenters. The van der Waals surface area contributed by atoms with Crippen LogP contribution in [0.25, 0.3) is 0 Å². The van der Waals surface area contributed by atoms with Crippen LogP contribution in [0.1, 0.15) is 18.9 Å². The van der Waals surface area contributed by atoms with Crippen LogP contribution >= 0.6 is 0 Å². The normalized spacial score (nSPS) is 15.3. The lowest BCUT2D eigenvalue weighted by Crippen LogP contribution is -2.27. The van der Waals surface area contributed by atoms with E-state index in [1.54, 1.807) is 0 Å². The average molecular weight is 174 g/mol. The summed E-state index contributed by atoms with van der Waals surface area (Å²) in [6, 6.07) is 4.15. The third kappa shape index (κ3) is 1.44. The van der Waals surface area contributed by atoms with Gasteiger partial charge in [0.15, 0.2) is 0 Å². The van der Waals surface area contributed by atoms with Gasteiger partial charge in [0.2, 0.25) is 0 Å². The molecule has 2 heteroatoms. The number of aryl methyl sites for hydroxylation is 1. The van der Waals surface area contributed by atoms with E-state index in [-0.39, 0.29) is 0 Å². The molecule has 0 saturated carbocycles. The fourth-order valence-electron chi connectivity index (χ4n) is 1.77. The van der Waals surface area contributed by atoms with E-state index in [1.165, 1.54) is 12.0 Å². The Kier molecular flexibility index (Phi) is 2.05. The van der Waals surface area contributed by atoms with E-state index >= 15 is 0 Å². The molecule has 13 heavy (non-hydrogen) atoms. The van der Waals surface area contributed by atoms with Crippen molar-refractivity contribution in [2.75, 3.05) is 11.4 Å². The van der Waals surface area contributed by atoms with Crippen molar-refractivity contribution in [3.63, 3.8) is 0 Å². The Morgan fingerprint density at radius 1 is 1.62 bits per heavy atom. The van der Waals surface area contributed by atoms with E-state index in [9.17, 15) is 0 Å². The highest BCUT2D eigenvalue weighted by atomic mass is 15.2. The van der Waals surface area contributed by atoms with Gasteiger partial charge in [0.1, 0.15) is 5.82 Å². The van der Waals surface area contributed by atoms with Crippen molar-refractivity contribution in [1.29, 1.82) is 0 Å². The third-order valence-corrected chi connectivity index (χ3v) is 2.41. The lowest BCUT2D eigenvalue weighted by atomic mass is 10.1. The molecule has 2 nitrogen and oxygen atoms in total. The van der Waals surface area contributed by atoms with Crippen LogP contribution in [-0.2, 0) is 6.42 Å². The Morgan fingerprint density at radius 2 is 2.46 bits per heavy atom. The van der Waals surface area contributed by atoms with Gasteiger partial charge in [-0.05, 0) is 31.4 Å². The SMILES string of the molecule is C=C(C)N1CCCc2cccnc21. The van der Waals surface area contributed by atoms with Gasteiger partial charge in [-0.2, -0.15) is 0 Å². The van der Waals surface area contributed by atoms with Crippen LogP contribution in [0.5, 0.6) is 0 Å². The maximum absolute atomic E-state index is 4.39. The molecule has 0 radical (unpaired) electrons. The van der Waals surface area contributed by atoms with Crippen LogP contribution in [0.3, 0.4) is 0 Å². The van der Waals surface area contributed by atoms with Gasteiger partial charge >= 0.3 is 0 Å². The second kappa shape index (κ2) is 3.21. The molecule has 1 aliphatic heterocycles. The molecule has 0 aromatic carbocycles. The van der Waals surface area contributed by atoms with Gasteiger partial charge in [-0.1, -0.05) is 12.6 Å². The van der Waals surface area contributed by atoms with Gasteiger partial charge in [-0.15, -0.1) is 0 Å². The summed E-state index contributed by atoms with van der Waals surface area (Å²) >= 11 is 0. The van der Waals surface area contributed by atoms with Crippen molar-refractivity contribution >= 4 is 5.82 Å². The van der Waals surface area contributed by atoms with Gasteiger partial charge in [-0.25, -0.2) is 4.98 Å². The molecular weight excluding hydrogens is 160 g/mol. The zero-order chi connectivity index (χ0) is 9.26. The molecule has 0 aliphatic carbocycles. The number of anilines is 1. The molecule has 0 saturated heterocycles. The van der Waals surface area contributed by atoms with Crippen LogP contribution < -0.4 is 4.90 Å². The number of hydrogen-bond acceptors (Lipinski definition) is 2. The number of hydrogen-bond donors (Lipinski definition) is 0. The first-order chi connectivity index (χ1) is 6.29. The van der Waals surface area contributed by atoms with E-state index in [0.717, 1.165) is 24.5 Å². The smallest absolute Gasteiger partial charge is 0.135 e. The van der Waals surface area contributed by atoms with Crippen LogP contribution in [0.15, 0.2) is 30.6 Å². The van der Waals surface area contributed by atoms with Crippen LogP contribution in [0.4, 0.5) is 5.82 Å². The lowest BCUT2D eigenvalue weighted by molar-refractivity contribution is 0.731. The minimum atomic E-state index is 1.05. The fourth-order valence-corrected chi connectivity index (χ4v) is 1.77. The number of nitrogens with zero attached hydrogens (tertiary/aromatic N) is 2. The molecule has 1 aromatic rings. The second-order valence-electron chi connectivity index (χ2n) is 3.48. The van der Waals surface area contributed by atoms with Crippen molar-refractivity contribution < 1.29 is 0 Å². The highest BCUT2D eigenvalue weighted by Gasteiger charge is 2.17. The predicted octanol–water partition coefficient (Wildman–Crippen LogP) is 2.37.